The number of nitrogens with zero attached hydrogens (tertiary/aromatic N) is 2. The molecule has 0 aromatic heterocycles. The molecule has 0 bridgehead atoms. The van der Waals surface area contributed by atoms with Crippen molar-refractivity contribution >= 4 is 28.9 Å². The Kier molecular flexibility index (Phi) is 7.54. The van der Waals surface area contributed by atoms with Gasteiger partial charge >= 0.3 is 0 Å². The average Bonchev–Trinajstić information content (AvgIpc) is 2.70. The van der Waals surface area contributed by atoms with Gasteiger partial charge < -0.3 is 19.7 Å². The summed E-state index contributed by atoms with van der Waals surface area (Å²) in [7, 11) is 1.90. The van der Waals surface area contributed by atoms with Crippen LogP contribution in [0, 0.1) is 0 Å². The van der Waals surface area contributed by atoms with Crippen LogP contribution in [0.2, 0.25) is 5.02 Å². The molecule has 2 aromatic rings. The lowest BCUT2D eigenvalue weighted by molar-refractivity contribution is -0.117. The maximum atomic E-state index is 12.2. The second-order valence-corrected chi connectivity index (χ2v) is 7.17. The summed E-state index contributed by atoms with van der Waals surface area (Å²) < 4.78 is 11.0. The van der Waals surface area contributed by atoms with Crippen molar-refractivity contribution < 1.29 is 14.3 Å². The van der Waals surface area contributed by atoms with Crippen LogP contribution >= 0.6 is 11.6 Å². The van der Waals surface area contributed by atoms with Gasteiger partial charge in [-0.3, -0.25) is 9.69 Å². The van der Waals surface area contributed by atoms with E-state index in [-0.39, 0.29) is 5.91 Å². The number of anilines is 2. The number of ether oxygens (including phenoxy) is 2. The summed E-state index contributed by atoms with van der Waals surface area (Å²) in [4.78, 5) is 16.5. The molecule has 0 aliphatic carbocycles. The van der Waals surface area contributed by atoms with E-state index in [0.717, 1.165) is 43.4 Å². The number of rotatable bonds is 8. The molecule has 0 unspecified atom stereocenters. The van der Waals surface area contributed by atoms with Crippen molar-refractivity contribution in [2.45, 2.75) is 0 Å². The number of likely N-dealkylation sites (N-methyl/N-ethyl adjacent to an activating group) is 1. The van der Waals surface area contributed by atoms with Crippen LogP contribution in [0.5, 0.6) is 5.75 Å². The smallest absolute Gasteiger partial charge is 0.238 e. The fourth-order valence-corrected chi connectivity index (χ4v) is 3.08. The van der Waals surface area contributed by atoms with Crippen molar-refractivity contribution in [2.75, 3.05) is 63.3 Å². The minimum Gasteiger partial charge on any atom is -0.492 e. The first-order chi connectivity index (χ1) is 13.6. The lowest BCUT2D eigenvalue weighted by Crippen LogP contribution is -2.36. The van der Waals surface area contributed by atoms with E-state index >= 15 is 0 Å². The van der Waals surface area contributed by atoms with Crippen LogP contribution in [0.4, 0.5) is 11.4 Å². The maximum absolute atomic E-state index is 12.2. The molecule has 1 aliphatic rings. The zero-order valence-corrected chi connectivity index (χ0v) is 16.8. The van der Waals surface area contributed by atoms with Gasteiger partial charge in [-0.25, -0.2) is 0 Å². The largest absolute Gasteiger partial charge is 0.492 e. The lowest BCUT2D eigenvalue weighted by atomic mass is 10.2. The van der Waals surface area contributed by atoms with Gasteiger partial charge in [-0.1, -0.05) is 11.6 Å². The highest BCUT2D eigenvalue weighted by Crippen LogP contribution is 2.19. The van der Waals surface area contributed by atoms with Crippen molar-refractivity contribution in [2.24, 2.45) is 0 Å². The fraction of sp³-hybridized carbons (Fsp3) is 0.381. The third-order valence-electron chi connectivity index (χ3n) is 4.50. The first-order valence-corrected chi connectivity index (χ1v) is 9.77. The number of hydrogen-bond donors (Lipinski definition) is 1. The molecule has 1 heterocycles. The summed E-state index contributed by atoms with van der Waals surface area (Å²) in [5.74, 6) is 0.718. The van der Waals surface area contributed by atoms with Crippen LogP contribution in [-0.2, 0) is 9.53 Å². The van der Waals surface area contributed by atoms with E-state index in [1.807, 2.05) is 48.3 Å². The molecule has 0 atom stereocenters. The minimum atomic E-state index is -0.0480. The monoisotopic (exact) mass is 403 g/mol. The highest BCUT2D eigenvalue weighted by Gasteiger charge is 2.12. The zero-order chi connectivity index (χ0) is 19.8. The standard InChI is InChI=1S/C21H26ClN3O3/c1-24(10-15-28-20-8-2-17(22)3-9-20)16-21(26)23-18-4-6-19(7-5-18)25-11-13-27-14-12-25/h2-9H,10-16H2,1H3,(H,23,26). The van der Waals surface area contributed by atoms with Gasteiger partial charge in [0.05, 0.1) is 19.8 Å². The van der Waals surface area contributed by atoms with E-state index in [2.05, 4.69) is 10.2 Å². The fourth-order valence-electron chi connectivity index (χ4n) is 2.95. The predicted molar refractivity (Wildman–Crippen MR) is 113 cm³/mol. The molecular weight excluding hydrogens is 378 g/mol. The molecule has 1 saturated heterocycles. The Morgan fingerprint density at radius 3 is 2.50 bits per heavy atom. The molecule has 7 heteroatoms. The Morgan fingerprint density at radius 1 is 1.14 bits per heavy atom. The molecule has 0 saturated carbocycles. The van der Waals surface area contributed by atoms with Gasteiger partial charge in [0.15, 0.2) is 0 Å². The van der Waals surface area contributed by atoms with E-state index in [0.29, 0.717) is 24.7 Å². The number of hydrogen-bond acceptors (Lipinski definition) is 5. The van der Waals surface area contributed by atoms with Crippen molar-refractivity contribution in [1.29, 1.82) is 0 Å². The summed E-state index contributed by atoms with van der Waals surface area (Å²) in [5.41, 5.74) is 1.95. The Hall–Kier alpha value is -2.28. The first-order valence-electron chi connectivity index (χ1n) is 9.40. The van der Waals surface area contributed by atoms with Crippen molar-refractivity contribution in [3.05, 3.63) is 53.6 Å². The molecule has 1 aliphatic heterocycles. The summed E-state index contributed by atoms with van der Waals surface area (Å²) in [6.07, 6.45) is 0. The van der Waals surface area contributed by atoms with Gasteiger partial charge in [0.2, 0.25) is 5.91 Å². The number of amides is 1. The molecule has 6 nitrogen and oxygen atoms in total. The van der Waals surface area contributed by atoms with E-state index in [4.69, 9.17) is 21.1 Å². The predicted octanol–water partition coefficient (Wildman–Crippen LogP) is 3.13. The summed E-state index contributed by atoms with van der Waals surface area (Å²) in [6.45, 7) is 4.75. The van der Waals surface area contributed by atoms with Gasteiger partial charge in [-0.2, -0.15) is 0 Å². The van der Waals surface area contributed by atoms with Crippen LogP contribution in [0.25, 0.3) is 0 Å². The van der Waals surface area contributed by atoms with Gasteiger partial charge in [-0.15, -0.1) is 0 Å². The Balaban J connectivity index is 1.38. The molecule has 3 rings (SSSR count). The van der Waals surface area contributed by atoms with E-state index in [1.165, 1.54) is 0 Å². The second-order valence-electron chi connectivity index (χ2n) is 6.73. The summed E-state index contributed by atoms with van der Waals surface area (Å²) in [5, 5.41) is 3.62. The molecule has 0 radical (unpaired) electrons. The maximum Gasteiger partial charge on any atom is 0.238 e. The minimum absolute atomic E-state index is 0.0480. The summed E-state index contributed by atoms with van der Waals surface area (Å²) in [6, 6.07) is 15.2. The first kappa shape index (κ1) is 20.5. The van der Waals surface area contributed by atoms with Crippen LogP contribution in [0.1, 0.15) is 0 Å². The highest BCUT2D eigenvalue weighted by atomic mass is 35.5. The number of halogens is 1. The van der Waals surface area contributed by atoms with Crippen molar-refractivity contribution in [3.63, 3.8) is 0 Å². The lowest BCUT2D eigenvalue weighted by Gasteiger charge is -2.28. The van der Waals surface area contributed by atoms with E-state index in [9.17, 15) is 4.79 Å². The summed E-state index contributed by atoms with van der Waals surface area (Å²) >= 11 is 5.85. The Bertz CT molecular complexity index is 746. The number of carbonyl (C=O) groups is 1. The van der Waals surface area contributed by atoms with Gasteiger partial charge in [0, 0.05) is 36.0 Å². The van der Waals surface area contributed by atoms with Gasteiger partial charge in [0.1, 0.15) is 12.4 Å². The Labute approximate surface area is 171 Å². The topological polar surface area (TPSA) is 54.0 Å². The number of nitrogens with one attached hydrogen (secondary N) is 1. The van der Waals surface area contributed by atoms with E-state index in [1.54, 1.807) is 12.1 Å². The van der Waals surface area contributed by atoms with Gasteiger partial charge in [0.25, 0.3) is 0 Å². The van der Waals surface area contributed by atoms with E-state index < -0.39 is 0 Å². The van der Waals surface area contributed by atoms with Crippen molar-refractivity contribution in [3.8, 4) is 5.75 Å². The van der Waals surface area contributed by atoms with Crippen LogP contribution < -0.4 is 15.0 Å². The van der Waals surface area contributed by atoms with Crippen LogP contribution in [0.15, 0.2) is 48.5 Å². The highest BCUT2D eigenvalue weighted by molar-refractivity contribution is 6.30. The molecular formula is C21H26ClN3O3. The normalized spacial score (nSPS) is 14.2. The molecule has 1 N–H and O–H groups in total. The molecule has 1 fully saturated rings. The molecule has 28 heavy (non-hydrogen) atoms. The number of morpholine rings is 1. The number of carbonyl (C=O) groups excluding carboxylic acids is 1. The molecule has 1 amide bonds. The molecule has 150 valence electrons. The van der Waals surface area contributed by atoms with Crippen LogP contribution in [0.3, 0.4) is 0 Å². The van der Waals surface area contributed by atoms with Crippen molar-refractivity contribution in [1.82, 2.24) is 4.90 Å². The third-order valence-corrected chi connectivity index (χ3v) is 4.75. The second kappa shape index (κ2) is 10.3. The molecule has 0 spiro atoms. The Morgan fingerprint density at radius 2 is 1.82 bits per heavy atom. The number of benzene rings is 2. The molecule has 2 aromatic carbocycles. The average molecular weight is 404 g/mol. The van der Waals surface area contributed by atoms with Crippen LogP contribution in [-0.4, -0.2) is 63.9 Å². The third kappa shape index (κ3) is 6.41. The SMILES string of the molecule is CN(CCOc1ccc(Cl)cc1)CC(=O)Nc1ccc(N2CCOCC2)cc1. The zero-order valence-electron chi connectivity index (χ0n) is 16.1. The van der Waals surface area contributed by atoms with Gasteiger partial charge in [-0.05, 0) is 55.6 Å². The quantitative estimate of drug-likeness (QED) is 0.733.